The van der Waals surface area contributed by atoms with Crippen LogP contribution in [0.4, 0.5) is 0 Å². The van der Waals surface area contributed by atoms with Crippen LogP contribution in [0.15, 0.2) is 30.3 Å². The average molecular weight is 360 g/mol. The predicted molar refractivity (Wildman–Crippen MR) is 104 cm³/mol. The summed E-state index contributed by atoms with van der Waals surface area (Å²) in [6.45, 7) is 8.29. The first-order valence-corrected chi connectivity index (χ1v) is 10.1. The summed E-state index contributed by atoms with van der Waals surface area (Å²) in [5.74, 6) is 1.46. The third kappa shape index (κ3) is 5.29. The minimum atomic E-state index is -0.460. The van der Waals surface area contributed by atoms with E-state index in [1.807, 2.05) is 35.2 Å². The van der Waals surface area contributed by atoms with Crippen molar-refractivity contribution in [2.45, 2.75) is 32.3 Å². The smallest absolute Gasteiger partial charge is 0.222 e. The number of nitrogens with one attached hydrogen (secondary N) is 1. The number of hydrogen-bond acceptors (Lipinski definition) is 4. The van der Waals surface area contributed by atoms with Crippen LogP contribution in [0.1, 0.15) is 37.9 Å². The number of carbonyl (C=O) groups excluding carboxylic acids is 1. The third-order valence-electron chi connectivity index (χ3n) is 6.03. The summed E-state index contributed by atoms with van der Waals surface area (Å²) >= 11 is 0. The van der Waals surface area contributed by atoms with Crippen LogP contribution < -0.4 is 5.32 Å². The van der Waals surface area contributed by atoms with E-state index in [-0.39, 0.29) is 0 Å². The lowest BCUT2D eigenvalue weighted by Crippen LogP contribution is -2.50. The number of benzene rings is 1. The van der Waals surface area contributed by atoms with Crippen LogP contribution in [0.3, 0.4) is 0 Å². The van der Waals surface area contributed by atoms with E-state index >= 15 is 0 Å². The Morgan fingerprint density at radius 3 is 2.46 bits per heavy atom. The molecule has 2 saturated heterocycles. The number of piperidine rings is 1. The molecule has 1 aromatic carbocycles. The van der Waals surface area contributed by atoms with Crippen molar-refractivity contribution in [1.82, 2.24) is 15.1 Å². The lowest BCUT2D eigenvalue weighted by molar-refractivity contribution is -0.134. The molecule has 0 aliphatic carbocycles. The Labute approximate surface area is 157 Å². The fraction of sp³-hybridized carbons (Fsp3) is 0.667. The Morgan fingerprint density at radius 1 is 1.15 bits per heavy atom. The number of β-amino-alcohol motifs (C(OH)–C–C–N with tert-alkyl or cyclic N) is 1. The molecule has 0 radical (unpaired) electrons. The summed E-state index contributed by atoms with van der Waals surface area (Å²) in [6, 6.07) is 9.81. The van der Waals surface area contributed by atoms with Crippen LogP contribution in [0.2, 0.25) is 0 Å². The zero-order valence-electron chi connectivity index (χ0n) is 15.9. The van der Waals surface area contributed by atoms with Gasteiger partial charge in [0.15, 0.2) is 0 Å². The van der Waals surface area contributed by atoms with Crippen molar-refractivity contribution >= 4 is 5.91 Å². The van der Waals surface area contributed by atoms with Crippen LogP contribution in [0.5, 0.6) is 0 Å². The first-order chi connectivity index (χ1) is 12.6. The highest BCUT2D eigenvalue weighted by atomic mass is 16.3. The number of amides is 1. The summed E-state index contributed by atoms with van der Waals surface area (Å²) in [6.07, 6.45) is 2.61. The third-order valence-corrected chi connectivity index (χ3v) is 6.03. The van der Waals surface area contributed by atoms with Gasteiger partial charge in [-0.1, -0.05) is 37.3 Å². The molecule has 3 rings (SSSR count). The quantitative estimate of drug-likeness (QED) is 0.814. The lowest BCUT2D eigenvalue weighted by Gasteiger charge is -2.37. The predicted octanol–water partition coefficient (Wildman–Crippen LogP) is 1.89. The number of rotatable bonds is 6. The van der Waals surface area contributed by atoms with Crippen molar-refractivity contribution in [3.8, 4) is 0 Å². The van der Waals surface area contributed by atoms with Crippen molar-refractivity contribution < 1.29 is 9.90 Å². The van der Waals surface area contributed by atoms with Gasteiger partial charge in [-0.25, -0.2) is 0 Å². The molecule has 2 atom stereocenters. The van der Waals surface area contributed by atoms with Gasteiger partial charge in [0, 0.05) is 39.1 Å². The van der Waals surface area contributed by atoms with Crippen LogP contribution in [0.25, 0.3) is 0 Å². The molecule has 5 nitrogen and oxygen atoms in total. The minimum Gasteiger partial charge on any atom is -0.387 e. The molecule has 2 unspecified atom stereocenters. The van der Waals surface area contributed by atoms with Crippen LogP contribution in [-0.4, -0.2) is 66.6 Å². The van der Waals surface area contributed by atoms with E-state index in [1.54, 1.807) is 0 Å². The molecule has 2 aliphatic heterocycles. The summed E-state index contributed by atoms with van der Waals surface area (Å²) in [5, 5.41) is 13.8. The van der Waals surface area contributed by atoms with Crippen molar-refractivity contribution in [3.05, 3.63) is 35.9 Å². The maximum Gasteiger partial charge on any atom is 0.222 e. The molecule has 0 bridgehead atoms. The average Bonchev–Trinajstić information content (AvgIpc) is 2.69. The maximum atomic E-state index is 12.6. The highest BCUT2D eigenvalue weighted by molar-refractivity contribution is 5.76. The van der Waals surface area contributed by atoms with Gasteiger partial charge in [0.2, 0.25) is 5.91 Å². The first kappa shape index (κ1) is 19.3. The van der Waals surface area contributed by atoms with Gasteiger partial charge in [-0.15, -0.1) is 0 Å². The highest BCUT2D eigenvalue weighted by Crippen LogP contribution is 2.25. The van der Waals surface area contributed by atoms with Crippen LogP contribution in [-0.2, 0) is 4.79 Å². The Kier molecular flexibility index (Phi) is 7.06. The van der Waals surface area contributed by atoms with Crippen molar-refractivity contribution in [3.63, 3.8) is 0 Å². The number of carbonyl (C=O) groups is 1. The molecule has 144 valence electrons. The van der Waals surface area contributed by atoms with Crippen molar-refractivity contribution in [1.29, 1.82) is 0 Å². The van der Waals surface area contributed by atoms with E-state index in [2.05, 4.69) is 17.1 Å². The molecule has 2 N–H and O–H groups in total. The van der Waals surface area contributed by atoms with E-state index in [0.29, 0.717) is 30.7 Å². The monoisotopic (exact) mass is 359 g/mol. The topological polar surface area (TPSA) is 55.8 Å². The van der Waals surface area contributed by atoms with Crippen LogP contribution in [0, 0.1) is 11.8 Å². The number of piperazine rings is 1. The largest absolute Gasteiger partial charge is 0.387 e. The maximum absolute atomic E-state index is 12.6. The van der Waals surface area contributed by atoms with Crippen molar-refractivity contribution in [2.24, 2.45) is 11.8 Å². The minimum absolute atomic E-state index is 0.305. The fourth-order valence-corrected chi connectivity index (χ4v) is 4.19. The molecule has 0 aromatic heterocycles. The second-order valence-electron chi connectivity index (χ2n) is 7.88. The highest BCUT2D eigenvalue weighted by Gasteiger charge is 2.27. The molecular formula is C21H33N3O2. The van der Waals surface area contributed by atoms with Gasteiger partial charge in [0.05, 0.1) is 6.10 Å². The molecule has 2 fully saturated rings. The van der Waals surface area contributed by atoms with Gasteiger partial charge in [0.25, 0.3) is 0 Å². The zero-order chi connectivity index (χ0) is 18.4. The zero-order valence-corrected chi connectivity index (χ0v) is 15.9. The molecule has 0 spiro atoms. The van der Waals surface area contributed by atoms with Gasteiger partial charge < -0.3 is 15.3 Å². The number of aliphatic hydroxyl groups is 1. The standard InChI is InChI=1S/C21H33N3O2/c1-17(18-7-9-22-10-8-18)15-21(26)24-13-11-23(12-14-24)16-20(25)19-5-3-2-4-6-19/h2-6,17-18,20,22,25H,7-16H2,1H3. The number of aliphatic hydroxyl groups excluding tert-OH is 1. The van der Waals surface area contributed by atoms with Gasteiger partial charge in [-0.3, -0.25) is 9.69 Å². The van der Waals surface area contributed by atoms with Crippen LogP contribution >= 0.6 is 0 Å². The Morgan fingerprint density at radius 2 is 1.81 bits per heavy atom. The van der Waals surface area contributed by atoms with Gasteiger partial charge in [-0.2, -0.15) is 0 Å². The Bertz CT molecular complexity index is 552. The van der Waals surface area contributed by atoms with Gasteiger partial charge in [-0.05, 0) is 43.3 Å². The second-order valence-corrected chi connectivity index (χ2v) is 7.88. The molecule has 1 aromatic rings. The van der Waals surface area contributed by atoms with Gasteiger partial charge in [0.1, 0.15) is 0 Å². The molecule has 1 amide bonds. The first-order valence-electron chi connectivity index (χ1n) is 10.1. The fourth-order valence-electron chi connectivity index (χ4n) is 4.19. The molecule has 0 saturated carbocycles. The summed E-state index contributed by atoms with van der Waals surface area (Å²) in [5.41, 5.74) is 0.960. The van der Waals surface area contributed by atoms with E-state index in [0.717, 1.165) is 44.8 Å². The van der Waals surface area contributed by atoms with Crippen molar-refractivity contribution in [2.75, 3.05) is 45.8 Å². The summed E-state index contributed by atoms with van der Waals surface area (Å²) < 4.78 is 0. The Hall–Kier alpha value is -1.43. The summed E-state index contributed by atoms with van der Waals surface area (Å²) in [4.78, 5) is 16.9. The molecule has 26 heavy (non-hydrogen) atoms. The van der Waals surface area contributed by atoms with E-state index in [1.165, 1.54) is 12.8 Å². The number of hydrogen-bond donors (Lipinski definition) is 2. The molecule has 2 heterocycles. The van der Waals surface area contributed by atoms with E-state index in [4.69, 9.17) is 0 Å². The number of nitrogens with zero attached hydrogens (tertiary/aromatic N) is 2. The Balaban J connectivity index is 1.40. The molecular weight excluding hydrogens is 326 g/mol. The molecule has 5 heteroatoms. The molecule has 2 aliphatic rings. The SMILES string of the molecule is CC(CC(=O)N1CCN(CC(O)c2ccccc2)CC1)C1CCNCC1. The van der Waals surface area contributed by atoms with Gasteiger partial charge >= 0.3 is 0 Å². The van der Waals surface area contributed by atoms with E-state index in [9.17, 15) is 9.90 Å². The van der Waals surface area contributed by atoms with E-state index < -0.39 is 6.10 Å². The second kappa shape index (κ2) is 9.49. The normalized spacial score (nSPS) is 22.2. The summed E-state index contributed by atoms with van der Waals surface area (Å²) in [7, 11) is 0. The lowest BCUT2D eigenvalue weighted by atomic mass is 9.84.